The van der Waals surface area contributed by atoms with Crippen molar-refractivity contribution in [2.75, 3.05) is 20.8 Å². The summed E-state index contributed by atoms with van der Waals surface area (Å²) in [5.74, 6) is 0.800. The molecule has 0 saturated heterocycles. The highest BCUT2D eigenvalue weighted by atomic mass is 35.5. The molecule has 2 unspecified atom stereocenters. The Kier molecular flexibility index (Phi) is 4.74. The van der Waals surface area contributed by atoms with Crippen LogP contribution in [0, 0.1) is 0 Å². The van der Waals surface area contributed by atoms with Crippen LogP contribution in [-0.2, 0) is 16.0 Å². The molecule has 0 radical (unpaired) electrons. The normalized spacial score (nSPS) is 14.7. The van der Waals surface area contributed by atoms with Gasteiger partial charge in [0.05, 0.1) is 24.6 Å². The number of rotatable bonds is 6. The van der Waals surface area contributed by atoms with Crippen molar-refractivity contribution in [3.05, 3.63) is 24.2 Å². The zero-order chi connectivity index (χ0) is 13.8. The van der Waals surface area contributed by atoms with Crippen LogP contribution in [0.3, 0.4) is 0 Å². The van der Waals surface area contributed by atoms with E-state index in [1.165, 1.54) is 0 Å². The minimum Gasteiger partial charge on any atom is -0.382 e. The Morgan fingerprint density at radius 3 is 2.84 bits per heavy atom. The number of methoxy groups -OCH3 is 2. The Hall–Kier alpha value is -1.17. The van der Waals surface area contributed by atoms with Gasteiger partial charge in [-0.1, -0.05) is 0 Å². The van der Waals surface area contributed by atoms with Crippen LogP contribution in [0.15, 0.2) is 18.3 Å². The number of fused-ring (bicyclic) bond motifs is 1. The number of hydrogen-bond acceptors (Lipinski definition) is 4. The molecule has 2 atom stereocenters. The van der Waals surface area contributed by atoms with Crippen LogP contribution >= 0.6 is 11.6 Å². The summed E-state index contributed by atoms with van der Waals surface area (Å²) in [5.41, 5.74) is 1.67. The third kappa shape index (κ3) is 3.05. The van der Waals surface area contributed by atoms with Gasteiger partial charge in [0.15, 0.2) is 5.65 Å². The molecule has 2 rings (SSSR count). The Balaban J connectivity index is 2.41. The van der Waals surface area contributed by atoms with Crippen molar-refractivity contribution in [2.45, 2.75) is 24.9 Å². The van der Waals surface area contributed by atoms with E-state index in [-0.39, 0.29) is 11.5 Å². The Morgan fingerprint density at radius 1 is 1.42 bits per heavy atom. The number of aromatic nitrogens is 3. The first-order valence-electron chi connectivity index (χ1n) is 6.14. The second-order valence-corrected chi connectivity index (χ2v) is 5.01. The summed E-state index contributed by atoms with van der Waals surface area (Å²) < 4.78 is 12.5. The maximum Gasteiger partial charge on any atom is 0.160 e. The van der Waals surface area contributed by atoms with Crippen molar-refractivity contribution >= 4 is 22.8 Å². The molecule has 5 nitrogen and oxygen atoms in total. The minimum atomic E-state index is -0.186. The molecule has 0 amide bonds. The summed E-state index contributed by atoms with van der Waals surface area (Å²) in [6.45, 7) is 3.03. The number of nitrogens with zero attached hydrogens (tertiary/aromatic N) is 3. The highest BCUT2D eigenvalue weighted by molar-refractivity contribution is 6.20. The predicted molar refractivity (Wildman–Crippen MR) is 74.5 cm³/mol. The van der Waals surface area contributed by atoms with Crippen LogP contribution < -0.4 is 0 Å². The lowest BCUT2D eigenvalue weighted by Crippen LogP contribution is -2.25. The maximum atomic E-state index is 6.20. The van der Waals surface area contributed by atoms with Gasteiger partial charge in [-0.3, -0.25) is 0 Å². The average molecular weight is 284 g/mol. The Bertz CT molecular complexity index is 542. The Morgan fingerprint density at radius 2 is 2.21 bits per heavy atom. The number of imidazole rings is 1. The van der Waals surface area contributed by atoms with Gasteiger partial charge in [0.2, 0.25) is 0 Å². The van der Waals surface area contributed by atoms with Gasteiger partial charge in [0.1, 0.15) is 11.3 Å². The number of ether oxygens (including phenoxy) is 2. The van der Waals surface area contributed by atoms with Crippen LogP contribution in [-0.4, -0.2) is 41.5 Å². The van der Waals surface area contributed by atoms with E-state index >= 15 is 0 Å². The third-order valence-electron chi connectivity index (χ3n) is 2.96. The molecule has 0 fully saturated rings. The van der Waals surface area contributed by atoms with Gasteiger partial charge in [0.25, 0.3) is 0 Å². The molecule has 0 aromatic carbocycles. The number of pyridine rings is 1. The minimum absolute atomic E-state index is 0.0569. The SMILES string of the molecule is COCC(Cn1c(C(C)Cl)nc2cccnc21)OC. The first-order chi connectivity index (χ1) is 9.17. The maximum absolute atomic E-state index is 6.20. The largest absolute Gasteiger partial charge is 0.382 e. The third-order valence-corrected chi connectivity index (χ3v) is 3.16. The molecule has 104 valence electrons. The van der Waals surface area contributed by atoms with Crippen molar-refractivity contribution < 1.29 is 9.47 Å². The lowest BCUT2D eigenvalue weighted by atomic mass is 10.3. The fraction of sp³-hybridized carbons (Fsp3) is 0.538. The number of alkyl halides is 1. The quantitative estimate of drug-likeness (QED) is 0.764. The van der Waals surface area contributed by atoms with E-state index in [0.29, 0.717) is 13.2 Å². The van der Waals surface area contributed by atoms with E-state index < -0.39 is 0 Å². The molecule has 0 aliphatic rings. The molecule has 0 aliphatic carbocycles. The first-order valence-corrected chi connectivity index (χ1v) is 6.58. The molecule has 2 aromatic heterocycles. The molecule has 0 bridgehead atoms. The lowest BCUT2D eigenvalue weighted by molar-refractivity contribution is 0.0185. The standard InChI is InChI=1S/C13H18ClN3O2/c1-9(14)12-16-11-5-4-6-15-13(11)17(12)7-10(19-3)8-18-2/h4-6,9-10H,7-8H2,1-3H3. The molecule has 6 heteroatoms. The zero-order valence-electron chi connectivity index (χ0n) is 11.3. The molecule has 2 aromatic rings. The summed E-state index contributed by atoms with van der Waals surface area (Å²) in [4.78, 5) is 8.91. The molecular formula is C13H18ClN3O2. The second kappa shape index (κ2) is 6.32. The predicted octanol–water partition coefficient (Wildman–Crippen LogP) is 2.39. The van der Waals surface area contributed by atoms with Gasteiger partial charge in [-0.25, -0.2) is 9.97 Å². The average Bonchev–Trinajstić information content (AvgIpc) is 2.77. The van der Waals surface area contributed by atoms with Gasteiger partial charge in [0, 0.05) is 20.4 Å². The zero-order valence-corrected chi connectivity index (χ0v) is 12.1. The summed E-state index contributed by atoms with van der Waals surface area (Å²) in [5, 5.41) is -0.186. The van der Waals surface area contributed by atoms with E-state index in [4.69, 9.17) is 21.1 Å². The van der Waals surface area contributed by atoms with Crippen LogP contribution in [0.25, 0.3) is 11.2 Å². The molecule has 0 saturated carbocycles. The van der Waals surface area contributed by atoms with E-state index in [9.17, 15) is 0 Å². The van der Waals surface area contributed by atoms with Crippen LogP contribution in [0.4, 0.5) is 0 Å². The highest BCUT2D eigenvalue weighted by Gasteiger charge is 2.18. The number of halogens is 1. The molecule has 2 heterocycles. The van der Waals surface area contributed by atoms with Crippen LogP contribution in [0.1, 0.15) is 18.1 Å². The lowest BCUT2D eigenvalue weighted by Gasteiger charge is -2.17. The summed E-state index contributed by atoms with van der Waals surface area (Å²) >= 11 is 6.20. The van der Waals surface area contributed by atoms with Crippen LogP contribution in [0.2, 0.25) is 0 Å². The monoisotopic (exact) mass is 283 g/mol. The van der Waals surface area contributed by atoms with Crippen LogP contribution in [0.5, 0.6) is 0 Å². The van der Waals surface area contributed by atoms with Gasteiger partial charge < -0.3 is 14.0 Å². The van der Waals surface area contributed by atoms with E-state index in [0.717, 1.165) is 17.0 Å². The molecule has 0 spiro atoms. The van der Waals surface area contributed by atoms with E-state index in [1.54, 1.807) is 20.4 Å². The molecular weight excluding hydrogens is 266 g/mol. The summed E-state index contributed by atoms with van der Waals surface area (Å²) in [6, 6.07) is 3.80. The molecule has 0 N–H and O–H groups in total. The van der Waals surface area contributed by atoms with E-state index in [1.807, 2.05) is 23.6 Å². The van der Waals surface area contributed by atoms with Gasteiger partial charge in [-0.2, -0.15) is 0 Å². The molecule has 0 aliphatic heterocycles. The summed E-state index contributed by atoms with van der Waals surface area (Å²) in [6.07, 6.45) is 1.69. The van der Waals surface area contributed by atoms with Gasteiger partial charge in [-0.05, 0) is 19.1 Å². The smallest absolute Gasteiger partial charge is 0.160 e. The van der Waals surface area contributed by atoms with Gasteiger partial charge >= 0.3 is 0 Å². The van der Waals surface area contributed by atoms with Gasteiger partial charge in [-0.15, -0.1) is 11.6 Å². The highest BCUT2D eigenvalue weighted by Crippen LogP contribution is 2.23. The van der Waals surface area contributed by atoms with E-state index in [2.05, 4.69) is 9.97 Å². The topological polar surface area (TPSA) is 49.2 Å². The first kappa shape index (κ1) is 14.2. The number of hydrogen-bond donors (Lipinski definition) is 0. The fourth-order valence-electron chi connectivity index (χ4n) is 2.04. The summed E-state index contributed by atoms with van der Waals surface area (Å²) in [7, 11) is 3.32. The Labute approximate surface area is 117 Å². The molecule has 19 heavy (non-hydrogen) atoms. The van der Waals surface area contributed by atoms with Crippen molar-refractivity contribution in [1.82, 2.24) is 14.5 Å². The fourth-order valence-corrected chi connectivity index (χ4v) is 2.21. The van der Waals surface area contributed by atoms with Crippen molar-refractivity contribution in [3.63, 3.8) is 0 Å². The van der Waals surface area contributed by atoms with Crippen molar-refractivity contribution in [1.29, 1.82) is 0 Å². The van der Waals surface area contributed by atoms with Crippen molar-refractivity contribution in [3.8, 4) is 0 Å². The van der Waals surface area contributed by atoms with Crippen molar-refractivity contribution in [2.24, 2.45) is 0 Å². The second-order valence-electron chi connectivity index (χ2n) is 4.36.